The van der Waals surface area contributed by atoms with Crippen molar-refractivity contribution in [3.8, 4) is 0 Å². The Morgan fingerprint density at radius 3 is 2.55 bits per heavy atom. The molecule has 0 bridgehead atoms. The van der Waals surface area contributed by atoms with E-state index < -0.39 is 24.0 Å². The summed E-state index contributed by atoms with van der Waals surface area (Å²) in [6, 6.07) is 6.86. The molecule has 0 unspecified atom stereocenters. The van der Waals surface area contributed by atoms with Crippen LogP contribution in [0.2, 0.25) is 0 Å². The van der Waals surface area contributed by atoms with Crippen LogP contribution < -0.4 is 0 Å². The van der Waals surface area contributed by atoms with E-state index in [-0.39, 0.29) is 0 Å². The number of unbranched alkanes of at least 4 members (excludes halogenated alkanes) is 5. The van der Waals surface area contributed by atoms with E-state index in [1.54, 1.807) is 24.3 Å². The molecule has 120 valence electrons. The van der Waals surface area contributed by atoms with Gasteiger partial charge in [-0.2, -0.15) is 0 Å². The minimum Gasteiger partial charge on any atom is -0.481 e. The van der Waals surface area contributed by atoms with Crippen molar-refractivity contribution >= 4 is 11.9 Å². The first-order valence-corrected chi connectivity index (χ1v) is 8.18. The molecule has 0 fully saturated rings. The number of carbonyl (C=O) groups excluding carboxylic acids is 1. The standard InChI is InChI=1S/C18H24O4/c1-2-3-4-5-6-7-12-15-16(17(19)20)13-10-8-9-11-14(13)18(21)22-15/h8-11,15-16H,2-7,12H2,1H3,(H,19,20)/t15-,16+/m0/s1. The van der Waals surface area contributed by atoms with Crippen molar-refractivity contribution in [1.29, 1.82) is 0 Å². The highest BCUT2D eigenvalue weighted by Gasteiger charge is 2.39. The van der Waals surface area contributed by atoms with Crippen LogP contribution in [0.4, 0.5) is 0 Å². The highest BCUT2D eigenvalue weighted by molar-refractivity contribution is 5.95. The lowest BCUT2D eigenvalue weighted by Crippen LogP contribution is -2.36. The van der Waals surface area contributed by atoms with Crippen molar-refractivity contribution in [3.05, 3.63) is 35.4 Å². The van der Waals surface area contributed by atoms with E-state index >= 15 is 0 Å². The molecule has 0 saturated heterocycles. The second kappa shape index (κ2) is 7.97. The van der Waals surface area contributed by atoms with Gasteiger partial charge in [-0.25, -0.2) is 4.79 Å². The molecule has 1 N–H and O–H groups in total. The summed E-state index contributed by atoms with van der Waals surface area (Å²) in [5.41, 5.74) is 0.969. The second-order valence-electron chi connectivity index (χ2n) is 5.90. The molecule has 2 atom stereocenters. The van der Waals surface area contributed by atoms with Crippen molar-refractivity contribution in [1.82, 2.24) is 0 Å². The van der Waals surface area contributed by atoms with Crippen LogP contribution in [0.1, 0.15) is 73.7 Å². The summed E-state index contributed by atoms with van der Waals surface area (Å²) in [5, 5.41) is 9.52. The topological polar surface area (TPSA) is 63.6 Å². The van der Waals surface area contributed by atoms with E-state index in [1.807, 2.05) is 0 Å². The van der Waals surface area contributed by atoms with Gasteiger partial charge in [-0.05, 0) is 24.5 Å². The fourth-order valence-corrected chi connectivity index (χ4v) is 3.07. The van der Waals surface area contributed by atoms with Crippen molar-refractivity contribution in [3.63, 3.8) is 0 Å². The number of hydrogen-bond donors (Lipinski definition) is 1. The van der Waals surface area contributed by atoms with E-state index in [4.69, 9.17) is 4.74 Å². The van der Waals surface area contributed by atoms with Gasteiger partial charge in [0.05, 0.1) is 5.56 Å². The average molecular weight is 304 g/mol. The number of rotatable bonds is 8. The number of fused-ring (bicyclic) bond motifs is 1. The normalized spacial score (nSPS) is 20.3. The van der Waals surface area contributed by atoms with Crippen LogP contribution in [0.15, 0.2) is 24.3 Å². The monoisotopic (exact) mass is 304 g/mol. The Bertz CT molecular complexity index is 524. The van der Waals surface area contributed by atoms with Crippen LogP contribution >= 0.6 is 0 Å². The lowest BCUT2D eigenvalue weighted by Gasteiger charge is -2.30. The van der Waals surface area contributed by atoms with Crippen LogP contribution in [-0.4, -0.2) is 23.1 Å². The molecule has 0 radical (unpaired) electrons. The first-order chi connectivity index (χ1) is 10.6. The summed E-state index contributed by atoms with van der Waals surface area (Å²) in [6.45, 7) is 2.18. The van der Waals surface area contributed by atoms with E-state index in [0.717, 1.165) is 19.3 Å². The Morgan fingerprint density at radius 2 is 1.82 bits per heavy atom. The zero-order valence-corrected chi connectivity index (χ0v) is 13.1. The molecule has 0 saturated carbocycles. The van der Waals surface area contributed by atoms with Gasteiger partial charge in [-0.15, -0.1) is 0 Å². The molecule has 0 aromatic heterocycles. The van der Waals surface area contributed by atoms with Crippen molar-refractivity contribution < 1.29 is 19.4 Å². The molecule has 1 aromatic rings. The maximum atomic E-state index is 12.0. The summed E-state index contributed by atoms with van der Waals surface area (Å²) in [6.07, 6.45) is 6.83. The fourth-order valence-electron chi connectivity index (χ4n) is 3.07. The lowest BCUT2D eigenvalue weighted by molar-refractivity contribution is -0.142. The molecule has 1 aliphatic heterocycles. The molecule has 22 heavy (non-hydrogen) atoms. The van der Waals surface area contributed by atoms with Crippen LogP contribution in [0.5, 0.6) is 0 Å². The first-order valence-electron chi connectivity index (χ1n) is 8.18. The Morgan fingerprint density at radius 1 is 1.14 bits per heavy atom. The molecule has 4 nitrogen and oxygen atoms in total. The number of benzene rings is 1. The fraction of sp³-hybridized carbons (Fsp3) is 0.556. The number of carbonyl (C=O) groups is 2. The average Bonchev–Trinajstić information content (AvgIpc) is 2.50. The minimum absolute atomic E-state index is 0.383. The number of cyclic esters (lactones) is 1. The van der Waals surface area contributed by atoms with Gasteiger partial charge in [0, 0.05) is 0 Å². The molecular weight excluding hydrogens is 280 g/mol. The van der Waals surface area contributed by atoms with E-state index in [1.165, 1.54) is 19.3 Å². The van der Waals surface area contributed by atoms with Gasteiger partial charge in [0.1, 0.15) is 12.0 Å². The third-order valence-electron chi connectivity index (χ3n) is 4.25. The van der Waals surface area contributed by atoms with Gasteiger partial charge >= 0.3 is 11.9 Å². The summed E-state index contributed by atoms with van der Waals surface area (Å²) < 4.78 is 5.39. The number of esters is 1. The zero-order valence-electron chi connectivity index (χ0n) is 13.1. The van der Waals surface area contributed by atoms with Gasteiger partial charge < -0.3 is 9.84 Å². The van der Waals surface area contributed by atoms with Crippen molar-refractivity contribution in [2.75, 3.05) is 0 Å². The van der Waals surface area contributed by atoms with Gasteiger partial charge in [-0.3, -0.25) is 4.79 Å². The Labute approximate surface area is 131 Å². The predicted molar refractivity (Wildman–Crippen MR) is 84.0 cm³/mol. The molecule has 1 aromatic carbocycles. The van der Waals surface area contributed by atoms with E-state index in [9.17, 15) is 14.7 Å². The number of ether oxygens (including phenoxy) is 1. The highest BCUT2D eigenvalue weighted by atomic mass is 16.5. The van der Waals surface area contributed by atoms with Crippen LogP contribution in [0.3, 0.4) is 0 Å². The molecule has 2 rings (SSSR count). The van der Waals surface area contributed by atoms with Crippen LogP contribution in [-0.2, 0) is 9.53 Å². The summed E-state index contributed by atoms with van der Waals surface area (Å²) in [4.78, 5) is 23.6. The van der Waals surface area contributed by atoms with E-state index in [2.05, 4.69) is 6.92 Å². The zero-order chi connectivity index (χ0) is 15.9. The van der Waals surface area contributed by atoms with Gasteiger partial charge in [0.15, 0.2) is 0 Å². The Balaban J connectivity index is 1.99. The van der Waals surface area contributed by atoms with Crippen molar-refractivity contribution in [2.45, 2.75) is 63.9 Å². The molecule has 4 heteroatoms. The summed E-state index contributed by atoms with van der Waals surface area (Å²) in [7, 11) is 0. The molecule has 0 spiro atoms. The smallest absolute Gasteiger partial charge is 0.338 e. The third-order valence-corrected chi connectivity index (χ3v) is 4.25. The molecule has 1 heterocycles. The summed E-state index contributed by atoms with van der Waals surface area (Å²) >= 11 is 0. The number of hydrogen-bond acceptors (Lipinski definition) is 3. The molecular formula is C18H24O4. The highest BCUT2D eigenvalue weighted by Crippen LogP contribution is 2.34. The Kier molecular flexibility index (Phi) is 5.99. The molecule has 0 aliphatic carbocycles. The van der Waals surface area contributed by atoms with Gasteiger partial charge in [0.2, 0.25) is 0 Å². The van der Waals surface area contributed by atoms with Crippen molar-refractivity contribution in [2.24, 2.45) is 0 Å². The largest absolute Gasteiger partial charge is 0.481 e. The predicted octanol–water partition coefficient (Wildman–Crippen LogP) is 4.14. The number of carboxylic acids is 1. The van der Waals surface area contributed by atoms with Crippen LogP contribution in [0, 0.1) is 0 Å². The second-order valence-corrected chi connectivity index (χ2v) is 5.90. The number of carboxylic acid groups (broad SMARTS) is 1. The van der Waals surface area contributed by atoms with Gasteiger partial charge in [-0.1, -0.05) is 57.2 Å². The maximum absolute atomic E-state index is 12.0. The Hall–Kier alpha value is -1.84. The lowest BCUT2D eigenvalue weighted by atomic mass is 9.85. The molecule has 1 aliphatic rings. The SMILES string of the molecule is CCCCCCCC[C@@H]1OC(=O)c2ccccc2[C@H]1C(=O)O. The maximum Gasteiger partial charge on any atom is 0.338 e. The third kappa shape index (κ3) is 3.87. The quantitative estimate of drug-likeness (QED) is 0.579. The minimum atomic E-state index is -0.920. The molecule has 0 amide bonds. The van der Waals surface area contributed by atoms with E-state index in [0.29, 0.717) is 17.5 Å². The van der Waals surface area contributed by atoms with Crippen LogP contribution in [0.25, 0.3) is 0 Å². The van der Waals surface area contributed by atoms with Gasteiger partial charge in [0.25, 0.3) is 0 Å². The number of aliphatic carboxylic acids is 1. The summed E-state index contributed by atoms with van der Waals surface area (Å²) in [5.74, 6) is -2.07. The first kappa shape index (κ1) is 16.5.